The molecular formula is C15H20Cl3N3OS. The summed E-state index contributed by atoms with van der Waals surface area (Å²) in [6, 6.07) is 5.90. The number of halogens is 3. The van der Waals surface area contributed by atoms with Crippen molar-refractivity contribution in [1.29, 1.82) is 0 Å². The number of anilines is 1. The van der Waals surface area contributed by atoms with Gasteiger partial charge in [0.1, 0.15) is 6.17 Å². The van der Waals surface area contributed by atoms with Gasteiger partial charge in [-0.25, -0.2) is 0 Å². The molecule has 1 atom stereocenters. The smallest absolute Gasteiger partial charge is 0.228 e. The lowest BCUT2D eigenvalue weighted by atomic mass is 10.1. The topological polar surface area (TPSA) is 53.2 Å². The fraction of sp³-hybridized carbons (Fsp3) is 0.467. The second-order valence-corrected chi connectivity index (χ2v) is 8.33. The summed E-state index contributed by atoms with van der Waals surface area (Å²) < 4.78 is -1.75. The molecule has 1 aromatic carbocycles. The Hall–Kier alpha value is -0.750. The normalized spacial score (nSPS) is 12.7. The summed E-state index contributed by atoms with van der Waals surface area (Å²) in [7, 11) is 0. The maximum Gasteiger partial charge on any atom is 0.228 e. The highest BCUT2D eigenvalue weighted by Gasteiger charge is 2.35. The van der Waals surface area contributed by atoms with E-state index in [-0.39, 0.29) is 16.9 Å². The second-order valence-electron chi connectivity index (χ2n) is 5.55. The van der Waals surface area contributed by atoms with Crippen molar-refractivity contribution in [2.45, 2.75) is 37.7 Å². The Labute approximate surface area is 157 Å². The van der Waals surface area contributed by atoms with Crippen LogP contribution in [0.5, 0.6) is 0 Å². The molecule has 0 bridgehead atoms. The molecule has 0 saturated heterocycles. The Morgan fingerprint density at radius 2 is 1.78 bits per heavy atom. The zero-order valence-corrected chi connectivity index (χ0v) is 16.4. The minimum Gasteiger partial charge on any atom is -0.339 e. The van der Waals surface area contributed by atoms with E-state index < -0.39 is 9.96 Å². The van der Waals surface area contributed by atoms with E-state index in [0.717, 1.165) is 16.8 Å². The van der Waals surface area contributed by atoms with Gasteiger partial charge in [-0.15, -0.1) is 0 Å². The number of amides is 1. The first-order valence-electron chi connectivity index (χ1n) is 7.02. The van der Waals surface area contributed by atoms with Crippen LogP contribution in [0, 0.1) is 19.8 Å². The van der Waals surface area contributed by atoms with Crippen molar-refractivity contribution in [2.24, 2.45) is 5.92 Å². The van der Waals surface area contributed by atoms with Crippen LogP contribution in [-0.4, -0.2) is 21.0 Å². The Bertz CT molecular complexity index is 588. The number of hydrogen-bond acceptors (Lipinski definition) is 2. The molecule has 23 heavy (non-hydrogen) atoms. The van der Waals surface area contributed by atoms with E-state index >= 15 is 0 Å². The van der Waals surface area contributed by atoms with Crippen molar-refractivity contribution < 1.29 is 4.79 Å². The lowest BCUT2D eigenvalue weighted by molar-refractivity contribution is -0.124. The van der Waals surface area contributed by atoms with E-state index in [1.165, 1.54) is 0 Å². The highest BCUT2D eigenvalue weighted by atomic mass is 35.6. The summed E-state index contributed by atoms with van der Waals surface area (Å²) in [5, 5.41) is 8.73. The Morgan fingerprint density at radius 3 is 2.26 bits per heavy atom. The fourth-order valence-electron chi connectivity index (χ4n) is 1.75. The van der Waals surface area contributed by atoms with Crippen LogP contribution >= 0.6 is 47.0 Å². The van der Waals surface area contributed by atoms with E-state index in [0.29, 0.717) is 0 Å². The average molecular weight is 397 g/mol. The van der Waals surface area contributed by atoms with Crippen molar-refractivity contribution in [3.8, 4) is 0 Å². The summed E-state index contributed by atoms with van der Waals surface area (Å²) in [6.07, 6.45) is -0.951. The van der Waals surface area contributed by atoms with Crippen molar-refractivity contribution in [3.05, 3.63) is 29.3 Å². The van der Waals surface area contributed by atoms with Crippen LogP contribution in [0.4, 0.5) is 5.69 Å². The first kappa shape index (κ1) is 20.3. The number of carbonyl (C=O) groups excluding carboxylic acids is 1. The summed E-state index contributed by atoms with van der Waals surface area (Å²) in [4.78, 5) is 11.8. The van der Waals surface area contributed by atoms with Crippen LogP contribution < -0.4 is 16.0 Å². The molecule has 0 aliphatic carbocycles. The molecule has 0 aliphatic rings. The largest absolute Gasteiger partial charge is 0.339 e. The van der Waals surface area contributed by atoms with Gasteiger partial charge in [0.15, 0.2) is 5.11 Å². The van der Waals surface area contributed by atoms with E-state index in [4.69, 9.17) is 47.0 Å². The molecule has 0 heterocycles. The van der Waals surface area contributed by atoms with Crippen LogP contribution in [0.15, 0.2) is 18.2 Å². The number of thiocarbonyl (C=S) groups is 1. The summed E-state index contributed by atoms with van der Waals surface area (Å²) in [5.74, 6) is -0.490. The second kappa shape index (κ2) is 8.38. The third kappa shape index (κ3) is 6.71. The Kier molecular flexibility index (Phi) is 7.39. The van der Waals surface area contributed by atoms with Gasteiger partial charge in [0, 0.05) is 11.6 Å². The minimum absolute atomic E-state index is 0.243. The third-order valence-corrected chi connectivity index (χ3v) is 3.92. The predicted molar refractivity (Wildman–Crippen MR) is 102 cm³/mol. The maximum atomic E-state index is 11.8. The van der Waals surface area contributed by atoms with Crippen LogP contribution in [0.2, 0.25) is 0 Å². The molecule has 1 amide bonds. The Balaban J connectivity index is 2.79. The van der Waals surface area contributed by atoms with Crippen LogP contribution in [0.3, 0.4) is 0 Å². The highest BCUT2D eigenvalue weighted by Crippen LogP contribution is 2.29. The Morgan fingerprint density at radius 1 is 1.17 bits per heavy atom. The number of rotatable bonds is 4. The van der Waals surface area contributed by atoms with Gasteiger partial charge in [-0.05, 0) is 37.7 Å². The van der Waals surface area contributed by atoms with Gasteiger partial charge in [-0.1, -0.05) is 66.3 Å². The summed E-state index contributed by atoms with van der Waals surface area (Å²) in [5.41, 5.74) is 3.02. The molecule has 0 aliphatic heterocycles. The van der Waals surface area contributed by atoms with Crippen molar-refractivity contribution in [3.63, 3.8) is 0 Å². The van der Waals surface area contributed by atoms with Gasteiger partial charge in [-0.2, -0.15) is 0 Å². The molecule has 3 N–H and O–H groups in total. The van der Waals surface area contributed by atoms with E-state index in [9.17, 15) is 4.79 Å². The first-order valence-corrected chi connectivity index (χ1v) is 8.56. The molecule has 4 nitrogen and oxygen atoms in total. The van der Waals surface area contributed by atoms with E-state index in [2.05, 4.69) is 16.0 Å². The molecule has 0 fully saturated rings. The number of alkyl halides is 3. The highest BCUT2D eigenvalue weighted by molar-refractivity contribution is 7.80. The molecule has 0 saturated carbocycles. The summed E-state index contributed by atoms with van der Waals surface area (Å²) in [6.45, 7) is 7.46. The molecule has 8 heteroatoms. The van der Waals surface area contributed by atoms with Gasteiger partial charge in [-0.3, -0.25) is 4.79 Å². The zero-order valence-electron chi connectivity index (χ0n) is 13.3. The number of aryl methyl sites for hydroxylation is 2. The standard InChI is InChI=1S/C15H20Cl3N3OS/c1-8(2)12(22)20-13(15(16,17)18)21-14(23)19-11-6-5-9(3)7-10(11)4/h5-8,13H,1-4H3,(H,20,22)(H2,19,21,23)/t13-/m1/s1. The van der Waals surface area contributed by atoms with Crippen LogP contribution in [0.25, 0.3) is 0 Å². The summed E-state index contributed by atoms with van der Waals surface area (Å²) >= 11 is 23.0. The maximum absolute atomic E-state index is 11.8. The monoisotopic (exact) mass is 395 g/mol. The van der Waals surface area contributed by atoms with Crippen molar-refractivity contribution in [1.82, 2.24) is 10.6 Å². The molecule has 128 valence electrons. The SMILES string of the molecule is Cc1ccc(NC(=S)N[C@@H](NC(=O)C(C)C)C(Cl)(Cl)Cl)c(C)c1. The van der Waals surface area contributed by atoms with Crippen LogP contribution in [0.1, 0.15) is 25.0 Å². The molecule has 1 aromatic rings. The van der Waals surface area contributed by atoms with E-state index in [1.54, 1.807) is 13.8 Å². The number of benzene rings is 1. The van der Waals surface area contributed by atoms with Crippen molar-refractivity contribution in [2.75, 3.05) is 5.32 Å². The molecule has 0 spiro atoms. The van der Waals surface area contributed by atoms with Gasteiger partial charge in [0.05, 0.1) is 0 Å². The fourth-order valence-corrected chi connectivity index (χ4v) is 2.31. The van der Waals surface area contributed by atoms with Gasteiger partial charge >= 0.3 is 0 Å². The molecule has 0 aromatic heterocycles. The molecule has 0 unspecified atom stereocenters. The predicted octanol–water partition coefficient (Wildman–Crippen LogP) is 4.06. The molecule has 0 radical (unpaired) electrons. The third-order valence-electron chi connectivity index (χ3n) is 3.04. The minimum atomic E-state index is -1.75. The first-order chi connectivity index (χ1) is 10.5. The molecular weight excluding hydrogens is 377 g/mol. The quantitative estimate of drug-likeness (QED) is 0.408. The number of nitrogens with one attached hydrogen (secondary N) is 3. The lowest BCUT2D eigenvalue weighted by Crippen LogP contribution is -2.56. The zero-order chi connectivity index (χ0) is 17.8. The van der Waals surface area contributed by atoms with Gasteiger partial charge < -0.3 is 16.0 Å². The van der Waals surface area contributed by atoms with Crippen LogP contribution in [-0.2, 0) is 4.79 Å². The average Bonchev–Trinajstić information content (AvgIpc) is 2.40. The number of carbonyl (C=O) groups is 1. The van der Waals surface area contributed by atoms with Gasteiger partial charge in [0.25, 0.3) is 0 Å². The lowest BCUT2D eigenvalue weighted by Gasteiger charge is -2.28. The number of hydrogen-bond donors (Lipinski definition) is 3. The van der Waals surface area contributed by atoms with Crippen molar-refractivity contribution >= 4 is 63.7 Å². The van der Waals surface area contributed by atoms with E-state index in [1.807, 2.05) is 32.0 Å². The molecule has 1 rings (SSSR count). The van der Waals surface area contributed by atoms with Gasteiger partial charge in [0.2, 0.25) is 9.70 Å².